The molecule has 164 valence electrons. The van der Waals surface area contributed by atoms with Gasteiger partial charge in [-0.1, -0.05) is 17.7 Å². The highest BCUT2D eigenvalue weighted by Gasteiger charge is 2.34. The molecule has 10 heteroatoms. The van der Waals surface area contributed by atoms with Crippen LogP contribution >= 0.6 is 22.9 Å². The Morgan fingerprint density at radius 3 is 2.91 bits per heavy atom. The molecule has 3 heterocycles. The Kier molecular flexibility index (Phi) is 5.16. The average molecular weight is 475 g/mol. The molecular formula is C22H17ClF2N4O2S. The second-order valence-corrected chi connectivity index (χ2v) is 9.10. The summed E-state index contributed by atoms with van der Waals surface area (Å²) in [5.74, 6) is -1.59. The zero-order valence-corrected chi connectivity index (χ0v) is 18.2. The lowest BCUT2D eigenvalue weighted by molar-refractivity contribution is 0.0575. The number of nitrogen functional groups attached to an aromatic ring is 1. The third kappa shape index (κ3) is 3.10. The van der Waals surface area contributed by atoms with Crippen LogP contribution in [0.25, 0.3) is 21.2 Å². The van der Waals surface area contributed by atoms with Crippen molar-refractivity contribution in [2.45, 2.75) is 12.5 Å². The number of thiophene rings is 1. The van der Waals surface area contributed by atoms with Gasteiger partial charge in [-0.05, 0) is 17.7 Å². The molecule has 6 nitrogen and oxygen atoms in total. The lowest BCUT2D eigenvalue weighted by Crippen LogP contribution is -2.54. The van der Waals surface area contributed by atoms with Gasteiger partial charge in [0.15, 0.2) is 5.75 Å². The maximum Gasteiger partial charge on any atom is 0.258 e. The maximum absolute atomic E-state index is 15.5. The second kappa shape index (κ2) is 7.89. The summed E-state index contributed by atoms with van der Waals surface area (Å²) >= 11 is 7.54. The van der Waals surface area contributed by atoms with Gasteiger partial charge in [-0.25, -0.2) is 8.78 Å². The van der Waals surface area contributed by atoms with Crippen molar-refractivity contribution < 1.29 is 18.3 Å². The molecule has 0 unspecified atom stereocenters. The molecule has 1 amide bonds. The Morgan fingerprint density at radius 2 is 2.12 bits per heavy atom. The van der Waals surface area contributed by atoms with Crippen molar-refractivity contribution in [3.8, 4) is 22.9 Å². The number of anilines is 1. The molecule has 32 heavy (non-hydrogen) atoms. The van der Waals surface area contributed by atoms with E-state index in [9.17, 15) is 14.4 Å². The van der Waals surface area contributed by atoms with Crippen molar-refractivity contribution in [2.24, 2.45) is 0 Å². The molecule has 2 aliphatic rings. The van der Waals surface area contributed by atoms with Crippen molar-refractivity contribution >= 4 is 43.9 Å². The van der Waals surface area contributed by atoms with E-state index in [1.165, 1.54) is 12.1 Å². The van der Waals surface area contributed by atoms with Crippen LogP contribution in [0, 0.1) is 23.0 Å². The fourth-order valence-corrected chi connectivity index (χ4v) is 5.69. The first kappa shape index (κ1) is 20.9. The van der Waals surface area contributed by atoms with E-state index < -0.39 is 11.6 Å². The predicted octanol–water partition coefficient (Wildman–Crippen LogP) is 4.15. The summed E-state index contributed by atoms with van der Waals surface area (Å²) in [6, 6.07) is 5.57. The summed E-state index contributed by atoms with van der Waals surface area (Å²) in [7, 11) is 0. The molecule has 0 bridgehead atoms. The van der Waals surface area contributed by atoms with E-state index in [4.69, 9.17) is 22.1 Å². The van der Waals surface area contributed by atoms with Crippen molar-refractivity contribution in [1.82, 2.24) is 10.2 Å². The molecule has 1 fully saturated rings. The first-order chi connectivity index (χ1) is 15.4. The fraction of sp³-hybridized carbons (Fsp3) is 0.273. The minimum Gasteiger partial charge on any atom is -0.491 e. The molecule has 0 spiro atoms. The SMILES string of the molecule is N#Cc1c(N)sc2c(F)ccc(-c3c(F)cc4c(c3Cl)OCC[C@H]3CNCCN3C4=O)c12. The highest BCUT2D eigenvalue weighted by atomic mass is 35.5. The molecule has 5 rings (SSSR count). The number of rotatable bonds is 1. The number of benzene rings is 2. The molecule has 3 aromatic rings. The lowest BCUT2D eigenvalue weighted by atomic mass is 9.96. The van der Waals surface area contributed by atoms with E-state index in [0.29, 0.717) is 32.7 Å². The third-order valence-corrected chi connectivity index (χ3v) is 7.30. The highest BCUT2D eigenvalue weighted by Crippen LogP contribution is 2.47. The van der Waals surface area contributed by atoms with Gasteiger partial charge in [0.25, 0.3) is 5.91 Å². The Labute approximate surface area is 191 Å². The number of halogens is 3. The van der Waals surface area contributed by atoms with Crippen LogP contribution in [0.15, 0.2) is 18.2 Å². The topological polar surface area (TPSA) is 91.4 Å². The minimum absolute atomic E-state index is 0.0467. The molecule has 3 N–H and O–H groups in total. The Hall–Kier alpha value is -2.93. The summed E-state index contributed by atoms with van der Waals surface area (Å²) in [4.78, 5) is 14.9. The van der Waals surface area contributed by atoms with Crippen LogP contribution < -0.4 is 15.8 Å². The number of amides is 1. The van der Waals surface area contributed by atoms with Crippen molar-refractivity contribution in [2.75, 3.05) is 32.0 Å². The van der Waals surface area contributed by atoms with E-state index >= 15 is 4.39 Å². The van der Waals surface area contributed by atoms with Crippen LogP contribution in [-0.4, -0.2) is 43.1 Å². The second-order valence-electron chi connectivity index (χ2n) is 7.67. The summed E-state index contributed by atoms with van der Waals surface area (Å²) < 4.78 is 35.9. The number of hydrogen-bond donors (Lipinski definition) is 2. The molecule has 2 aliphatic heterocycles. The zero-order chi connectivity index (χ0) is 22.6. The lowest BCUT2D eigenvalue weighted by Gasteiger charge is -2.38. The van der Waals surface area contributed by atoms with Crippen LogP contribution in [0.3, 0.4) is 0 Å². The number of nitriles is 1. The number of carbonyl (C=O) groups is 1. The number of nitrogens with two attached hydrogens (primary N) is 1. The average Bonchev–Trinajstić information content (AvgIpc) is 3.12. The number of nitrogens with zero attached hydrogens (tertiary/aromatic N) is 2. The number of hydrogen-bond acceptors (Lipinski definition) is 6. The molecule has 1 aromatic heterocycles. The molecule has 1 atom stereocenters. The van der Waals surface area contributed by atoms with Gasteiger partial charge in [0.1, 0.15) is 22.7 Å². The number of fused-ring (bicyclic) bond motifs is 3. The quantitative estimate of drug-likeness (QED) is 0.553. The van der Waals surface area contributed by atoms with E-state index in [2.05, 4.69) is 5.32 Å². The largest absolute Gasteiger partial charge is 0.491 e. The smallest absolute Gasteiger partial charge is 0.258 e. The highest BCUT2D eigenvalue weighted by molar-refractivity contribution is 7.23. The third-order valence-electron chi connectivity index (χ3n) is 5.91. The van der Waals surface area contributed by atoms with Crippen LogP contribution in [0.5, 0.6) is 5.75 Å². The number of carbonyl (C=O) groups excluding carboxylic acids is 1. The summed E-state index contributed by atoms with van der Waals surface area (Å²) in [6.45, 7) is 2.09. The molecule has 0 saturated carbocycles. The van der Waals surface area contributed by atoms with Gasteiger partial charge in [0.05, 0.1) is 27.5 Å². The monoisotopic (exact) mass is 474 g/mol. The molecule has 0 aliphatic carbocycles. The first-order valence-corrected chi connectivity index (χ1v) is 11.2. The standard InChI is InChI=1S/C22H17ClF2N4O2S/c23-18-17(11-1-2-14(24)20-16(11)13(8-26)21(27)32-20)15(25)7-12-19(18)31-6-3-10-9-28-4-5-29(10)22(12)30/h1-2,7,10,28H,3-6,9,27H2/t10-/m0/s1. The number of piperazine rings is 1. The summed E-state index contributed by atoms with van der Waals surface area (Å²) in [6.07, 6.45) is 0.599. The molecular weight excluding hydrogens is 458 g/mol. The Balaban J connectivity index is 1.74. The van der Waals surface area contributed by atoms with E-state index in [0.717, 1.165) is 17.4 Å². The Bertz CT molecular complexity index is 1320. The van der Waals surface area contributed by atoms with E-state index in [1.54, 1.807) is 4.90 Å². The predicted molar refractivity (Wildman–Crippen MR) is 119 cm³/mol. The van der Waals surface area contributed by atoms with Crippen molar-refractivity contribution in [3.05, 3.63) is 46.0 Å². The normalized spacial score (nSPS) is 18.4. The minimum atomic E-state index is -0.764. The van der Waals surface area contributed by atoms with Crippen LogP contribution in [-0.2, 0) is 0 Å². The van der Waals surface area contributed by atoms with Gasteiger partial charge in [0.2, 0.25) is 0 Å². The van der Waals surface area contributed by atoms with Gasteiger partial charge in [-0.3, -0.25) is 4.79 Å². The van der Waals surface area contributed by atoms with Gasteiger partial charge in [-0.15, -0.1) is 11.3 Å². The maximum atomic E-state index is 15.5. The summed E-state index contributed by atoms with van der Waals surface area (Å²) in [5.41, 5.74) is 6.17. The number of nitrogens with one attached hydrogen (secondary N) is 1. The van der Waals surface area contributed by atoms with Crippen LogP contribution in [0.4, 0.5) is 13.8 Å². The van der Waals surface area contributed by atoms with Gasteiger partial charge >= 0.3 is 0 Å². The van der Waals surface area contributed by atoms with E-state index in [-0.39, 0.29) is 60.1 Å². The van der Waals surface area contributed by atoms with Gasteiger partial charge in [-0.2, -0.15) is 5.26 Å². The molecule has 2 aromatic carbocycles. The molecule has 0 radical (unpaired) electrons. The van der Waals surface area contributed by atoms with Crippen LogP contribution in [0.2, 0.25) is 5.02 Å². The van der Waals surface area contributed by atoms with Crippen molar-refractivity contribution in [1.29, 1.82) is 5.26 Å². The first-order valence-electron chi connectivity index (χ1n) is 9.99. The van der Waals surface area contributed by atoms with Crippen LogP contribution in [0.1, 0.15) is 22.3 Å². The van der Waals surface area contributed by atoms with Crippen molar-refractivity contribution in [3.63, 3.8) is 0 Å². The fourth-order valence-electron chi connectivity index (χ4n) is 4.39. The van der Waals surface area contributed by atoms with Gasteiger partial charge < -0.3 is 20.7 Å². The molecule has 1 saturated heterocycles. The Morgan fingerprint density at radius 1 is 1.31 bits per heavy atom. The summed E-state index contributed by atoms with van der Waals surface area (Å²) in [5, 5.41) is 13.0. The van der Waals surface area contributed by atoms with Gasteiger partial charge in [0, 0.05) is 43.0 Å². The number of ether oxygens (including phenoxy) is 1. The van der Waals surface area contributed by atoms with E-state index in [1.807, 2.05) is 6.07 Å². The zero-order valence-electron chi connectivity index (χ0n) is 16.7.